The highest BCUT2D eigenvalue weighted by atomic mass is 19.3. The molecular formula is C15H24F2N2O. The van der Waals surface area contributed by atoms with Gasteiger partial charge in [0, 0.05) is 38.4 Å². The topological polar surface area (TPSA) is 23.6 Å². The number of hydrogen-bond donors (Lipinski definition) is 0. The van der Waals surface area contributed by atoms with Crippen molar-refractivity contribution in [1.29, 1.82) is 0 Å². The maximum Gasteiger partial charge on any atom is 0.249 e. The zero-order valence-electron chi connectivity index (χ0n) is 12.2. The molecule has 5 heteroatoms. The van der Waals surface area contributed by atoms with Gasteiger partial charge in [0.1, 0.15) is 0 Å². The Morgan fingerprint density at radius 1 is 1.10 bits per heavy atom. The van der Waals surface area contributed by atoms with Gasteiger partial charge in [0.25, 0.3) is 0 Å². The summed E-state index contributed by atoms with van der Waals surface area (Å²) in [6.45, 7) is 2.47. The molecule has 1 aliphatic heterocycles. The zero-order valence-corrected chi connectivity index (χ0v) is 12.2. The van der Waals surface area contributed by atoms with Crippen LogP contribution in [0, 0.1) is 5.92 Å². The largest absolute Gasteiger partial charge is 0.334 e. The molecule has 20 heavy (non-hydrogen) atoms. The van der Waals surface area contributed by atoms with Crippen LogP contribution in [-0.4, -0.2) is 53.9 Å². The van der Waals surface area contributed by atoms with E-state index in [9.17, 15) is 13.6 Å². The van der Waals surface area contributed by atoms with Crippen LogP contribution < -0.4 is 0 Å². The fourth-order valence-electron chi connectivity index (χ4n) is 4.21. The van der Waals surface area contributed by atoms with E-state index in [0.717, 1.165) is 38.8 Å². The number of nitrogens with zero attached hydrogens (tertiary/aromatic N) is 2. The molecule has 0 aromatic heterocycles. The molecule has 3 rings (SSSR count). The molecular weight excluding hydrogens is 262 g/mol. The van der Waals surface area contributed by atoms with Crippen molar-refractivity contribution < 1.29 is 13.6 Å². The second kappa shape index (κ2) is 4.93. The van der Waals surface area contributed by atoms with Gasteiger partial charge in [-0.15, -0.1) is 0 Å². The average Bonchev–Trinajstić information content (AvgIpc) is 2.36. The lowest BCUT2D eigenvalue weighted by molar-refractivity contribution is -0.170. The quantitative estimate of drug-likeness (QED) is 0.739. The zero-order chi connectivity index (χ0) is 14.4. The van der Waals surface area contributed by atoms with Crippen LogP contribution >= 0.6 is 0 Å². The molecule has 0 bridgehead atoms. The third kappa shape index (κ3) is 2.45. The summed E-state index contributed by atoms with van der Waals surface area (Å²) in [6, 6.07) is 0. The summed E-state index contributed by atoms with van der Waals surface area (Å²) in [7, 11) is 2.09. The van der Waals surface area contributed by atoms with Crippen LogP contribution in [0.2, 0.25) is 0 Å². The number of hydrogen-bond acceptors (Lipinski definition) is 2. The minimum Gasteiger partial charge on any atom is -0.334 e. The van der Waals surface area contributed by atoms with Gasteiger partial charge in [-0.1, -0.05) is 19.3 Å². The molecule has 0 aromatic rings. The Hall–Kier alpha value is -0.710. The van der Waals surface area contributed by atoms with Gasteiger partial charge in [-0.2, -0.15) is 0 Å². The molecule has 1 spiro atoms. The third-order valence-corrected chi connectivity index (χ3v) is 5.33. The van der Waals surface area contributed by atoms with Gasteiger partial charge in [-0.25, -0.2) is 8.78 Å². The van der Waals surface area contributed by atoms with Crippen LogP contribution in [-0.2, 0) is 4.79 Å². The maximum absolute atomic E-state index is 13.0. The van der Waals surface area contributed by atoms with Gasteiger partial charge < -0.3 is 9.80 Å². The Balaban J connectivity index is 1.74. The summed E-state index contributed by atoms with van der Waals surface area (Å²) in [5, 5.41) is 0. The van der Waals surface area contributed by atoms with E-state index >= 15 is 0 Å². The molecule has 0 aromatic carbocycles. The number of likely N-dealkylation sites (N-methyl/N-ethyl adjacent to an activating group) is 1. The lowest BCUT2D eigenvalue weighted by atomic mass is 9.75. The van der Waals surface area contributed by atoms with Crippen molar-refractivity contribution in [2.75, 3.05) is 26.7 Å². The van der Waals surface area contributed by atoms with Crippen LogP contribution in [0.25, 0.3) is 0 Å². The predicted molar refractivity (Wildman–Crippen MR) is 72.7 cm³/mol. The number of halogens is 2. The van der Waals surface area contributed by atoms with Gasteiger partial charge in [0.15, 0.2) is 0 Å². The minimum atomic E-state index is -2.60. The molecule has 0 N–H and O–H groups in total. The first-order chi connectivity index (χ1) is 9.42. The fraction of sp³-hybridized carbons (Fsp3) is 0.933. The van der Waals surface area contributed by atoms with E-state index in [1.54, 1.807) is 0 Å². The van der Waals surface area contributed by atoms with Gasteiger partial charge >= 0.3 is 0 Å². The molecule has 0 atom stereocenters. The van der Waals surface area contributed by atoms with Crippen molar-refractivity contribution in [2.45, 2.75) is 56.4 Å². The Morgan fingerprint density at radius 2 is 1.75 bits per heavy atom. The standard InChI is InChI=1S/C15H24F2N2O/c1-18-7-8-19(13(20)12-9-15(16,17)10-12)14(11-18)5-3-2-4-6-14/h12H,2-11H2,1H3. The van der Waals surface area contributed by atoms with Crippen molar-refractivity contribution in [2.24, 2.45) is 5.92 Å². The van der Waals surface area contributed by atoms with E-state index in [0.29, 0.717) is 6.54 Å². The summed E-state index contributed by atoms with van der Waals surface area (Å²) < 4.78 is 26.1. The second-order valence-corrected chi connectivity index (χ2v) is 6.97. The first kappa shape index (κ1) is 14.2. The molecule has 2 aliphatic carbocycles. The van der Waals surface area contributed by atoms with E-state index in [2.05, 4.69) is 11.9 Å². The molecule has 2 saturated carbocycles. The van der Waals surface area contributed by atoms with Crippen molar-refractivity contribution in [3.05, 3.63) is 0 Å². The summed E-state index contributed by atoms with van der Waals surface area (Å²) >= 11 is 0. The van der Waals surface area contributed by atoms with E-state index in [4.69, 9.17) is 0 Å². The van der Waals surface area contributed by atoms with Crippen molar-refractivity contribution >= 4 is 5.91 Å². The Labute approximate surface area is 119 Å². The lowest BCUT2D eigenvalue weighted by Gasteiger charge is -2.54. The van der Waals surface area contributed by atoms with E-state index in [1.807, 2.05) is 4.90 Å². The first-order valence-electron chi connectivity index (χ1n) is 7.80. The van der Waals surface area contributed by atoms with Gasteiger partial charge in [-0.05, 0) is 19.9 Å². The normalized spacial score (nSPS) is 30.2. The average molecular weight is 286 g/mol. The molecule has 114 valence electrons. The molecule has 0 unspecified atom stereocenters. The molecule has 1 saturated heterocycles. The second-order valence-electron chi connectivity index (χ2n) is 6.97. The number of rotatable bonds is 1. The predicted octanol–water partition coefficient (Wildman–Crippen LogP) is 2.51. The number of amides is 1. The van der Waals surface area contributed by atoms with Gasteiger partial charge in [0.2, 0.25) is 11.8 Å². The van der Waals surface area contributed by atoms with E-state index in [1.165, 1.54) is 6.42 Å². The Bertz CT molecular complexity index is 385. The smallest absolute Gasteiger partial charge is 0.249 e. The lowest BCUT2D eigenvalue weighted by Crippen LogP contribution is -2.65. The SMILES string of the molecule is CN1CCN(C(=O)C2CC(F)(F)C2)C2(CCCCC2)C1. The summed E-state index contributed by atoms with van der Waals surface area (Å²) in [5.74, 6) is -3.05. The number of carbonyl (C=O) groups excluding carboxylic acids is 1. The van der Waals surface area contributed by atoms with Crippen LogP contribution in [0.5, 0.6) is 0 Å². The van der Waals surface area contributed by atoms with Crippen molar-refractivity contribution in [3.63, 3.8) is 0 Å². The number of alkyl halides is 2. The fourth-order valence-corrected chi connectivity index (χ4v) is 4.21. The third-order valence-electron chi connectivity index (χ3n) is 5.33. The molecule has 1 amide bonds. The minimum absolute atomic E-state index is 0.00840. The maximum atomic E-state index is 13.0. The number of piperazine rings is 1. The molecule has 1 heterocycles. The highest BCUT2D eigenvalue weighted by Crippen LogP contribution is 2.45. The Kier molecular flexibility index (Phi) is 3.51. The van der Waals surface area contributed by atoms with Crippen molar-refractivity contribution in [1.82, 2.24) is 9.80 Å². The highest BCUT2D eigenvalue weighted by Gasteiger charge is 2.53. The van der Waals surface area contributed by atoms with Crippen LogP contribution in [0.3, 0.4) is 0 Å². The summed E-state index contributed by atoms with van der Waals surface area (Å²) in [6.07, 6.45) is 5.12. The van der Waals surface area contributed by atoms with Crippen LogP contribution in [0.15, 0.2) is 0 Å². The van der Waals surface area contributed by atoms with Crippen molar-refractivity contribution in [3.8, 4) is 0 Å². The van der Waals surface area contributed by atoms with Crippen LogP contribution in [0.4, 0.5) is 8.78 Å². The highest BCUT2D eigenvalue weighted by molar-refractivity contribution is 5.81. The monoisotopic (exact) mass is 286 g/mol. The van der Waals surface area contributed by atoms with E-state index < -0.39 is 11.8 Å². The molecule has 3 aliphatic rings. The summed E-state index contributed by atoms with van der Waals surface area (Å²) in [4.78, 5) is 16.9. The van der Waals surface area contributed by atoms with Crippen LogP contribution in [0.1, 0.15) is 44.9 Å². The molecule has 3 fully saturated rings. The molecule has 3 nitrogen and oxygen atoms in total. The summed E-state index contributed by atoms with van der Waals surface area (Å²) in [5.41, 5.74) is -0.0762. The Morgan fingerprint density at radius 3 is 2.35 bits per heavy atom. The van der Waals surface area contributed by atoms with E-state index in [-0.39, 0.29) is 24.3 Å². The number of carbonyl (C=O) groups is 1. The van der Waals surface area contributed by atoms with Gasteiger partial charge in [0.05, 0.1) is 5.54 Å². The van der Waals surface area contributed by atoms with Gasteiger partial charge in [-0.3, -0.25) is 4.79 Å². The first-order valence-corrected chi connectivity index (χ1v) is 7.80. The molecule has 0 radical (unpaired) electrons.